The van der Waals surface area contributed by atoms with Gasteiger partial charge >= 0.3 is 0 Å². The average molecular weight is 336 g/mol. The highest BCUT2D eigenvalue weighted by Gasteiger charge is 2.55. The molecule has 3 aliphatic rings. The molecule has 1 saturated heterocycles. The lowest BCUT2D eigenvalue weighted by Crippen LogP contribution is -2.43. The Morgan fingerprint density at radius 3 is 2.83 bits per heavy atom. The van der Waals surface area contributed by atoms with Gasteiger partial charge in [0.05, 0.1) is 12.1 Å². The molecule has 6 heteroatoms. The van der Waals surface area contributed by atoms with Gasteiger partial charge in [-0.15, -0.1) is 6.58 Å². The molecule has 0 spiro atoms. The fourth-order valence-corrected chi connectivity index (χ4v) is 4.63. The van der Waals surface area contributed by atoms with E-state index >= 15 is 0 Å². The van der Waals surface area contributed by atoms with Gasteiger partial charge in [0.1, 0.15) is 23.4 Å². The Morgan fingerprint density at radius 2 is 2.09 bits per heavy atom. The largest absolute Gasteiger partial charge is 0.350 e. The van der Waals surface area contributed by atoms with Gasteiger partial charge < -0.3 is 14.4 Å². The van der Waals surface area contributed by atoms with Crippen LogP contribution in [0.4, 0.5) is 5.82 Å². The Kier molecular flexibility index (Phi) is 3.45. The molecule has 2 aliphatic heterocycles. The van der Waals surface area contributed by atoms with Crippen LogP contribution in [0.5, 0.6) is 0 Å². The molecule has 2 fully saturated rings. The van der Waals surface area contributed by atoms with Crippen molar-refractivity contribution in [3.63, 3.8) is 0 Å². The number of fused-ring (bicyclic) bond motifs is 2. The second-order valence-corrected chi connectivity index (χ2v) is 7.58. The summed E-state index contributed by atoms with van der Waals surface area (Å²) in [5.74, 6) is 1.00. The molecule has 0 N–H and O–H groups in total. The highest BCUT2D eigenvalue weighted by atomic mass is 35.5. The third kappa shape index (κ3) is 2.29. The first-order chi connectivity index (χ1) is 10.9. The number of halogens is 1. The molecule has 0 amide bonds. The van der Waals surface area contributed by atoms with Gasteiger partial charge in [-0.3, -0.25) is 0 Å². The minimum Gasteiger partial charge on any atom is -0.350 e. The normalized spacial score (nSPS) is 37.7. The Bertz CT molecular complexity index is 651. The fourth-order valence-electron chi connectivity index (χ4n) is 4.31. The summed E-state index contributed by atoms with van der Waals surface area (Å²) in [6, 6.07) is 0.222. The van der Waals surface area contributed by atoms with Gasteiger partial charge in [-0.25, -0.2) is 9.97 Å². The van der Waals surface area contributed by atoms with Gasteiger partial charge in [-0.2, -0.15) is 0 Å². The van der Waals surface area contributed by atoms with Crippen molar-refractivity contribution in [1.29, 1.82) is 0 Å². The molecule has 23 heavy (non-hydrogen) atoms. The van der Waals surface area contributed by atoms with E-state index in [9.17, 15) is 0 Å². The van der Waals surface area contributed by atoms with Crippen LogP contribution in [0.15, 0.2) is 19.0 Å². The quantitative estimate of drug-likeness (QED) is 0.613. The topological polar surface area (TPSA) is 47.5 Å². The van der Waals surface area contributed by atoms with E-state index in [0.717, 1.165) is 24.3 Å². The standard InChI is InChI=1S/C17H22ClN3O2/c1-5-10-6-11(14-13(10)22-17(3,4)23-14)21-7-9(2)12-15(18)19-8-20-16(12)21/h5,8-11,13-14H,1,6-7H2,2-4H3/t9?,10-,11+,13+,14-/m0/s1. The molecule has 1 saturated carbocycles. The van der Waals surface area contributed by atoms with Crippen molar-refractivity contribution < 1.29 is 9.47 Å². The van der Waals surface area contributed by atoms with E-state index in [0.29, 0.717) is 17.0 Å². The smallest absolute Gasteiger partial charge is 0.163 e. The summed E-state index contributed by atoms with van der Waals surface area (Å²) in [7, 11) is 0. The molecule has 5 atom stereocenters. The Labute approximate surface area is 141 Å². The van der Waals surface area contributed by atoms with Crippen molar-refractivity contribution in [2.24, 2.45) is 5.92 Å². The van der Waals surface area contributed by atoms with Crippen LogP contribution in [0.1, 0.15) is 38.7 Å². The highest BCUT2D eigenvalue weighted by Crippen LogP contribution is 2.48. The monoisotopic (exact) mass is 335 g/mol. The highest BCUT2D eigenvalue weighted by molar-refractivity contribution is 6.30. The maximum Gasteiger partial charge on any atom is 0.163 e. The summed E-state index contributed by atoms with van der Waals surface area (Å²) in [4.78, 5) is 11.0. The molecule has 0 radical (unpaired) electrons. The zero-order chi connectivity index (χ0) is 16.4. The lowest BCUT2D eigenvalue weighted by Gasteiger charge is -2.31. The van der Waals surface area contributed by atoms with E-state index in [-0.39, 0.29) is 18.2 Å². The molecular formula is C17H22ClN3O2. The van der Waals surface area contributed by atoms with E-state index in [2.05, 4.69) is 28.4 Å². The molecule has 0 bridgehead atoms. The fraction of sp³-hybridized carbons (Fsp3) is 0.647. The van der Waals surface area contributed by atoms with Crippen molar-refractivity contribution in [2.45, 2.75) is 57.1 Å². The van der Waals surface area contributed by atoms with Crippen molar-refractivity contribution in [3.8, 4) is 0 Å². The zero-order valence-corrected chi connectivity index (χ0v) is 14.5. The Hall–Kier alpha value is -1.17. The number of anilines is 1. The predicted octanol–water partition coefficient (Wildman–Crippen LogP) is 3.15. The SMILES string of the molecule is C=C[C@H]1C[C@@H](N2CC(C)c3c(Cl)ncnc32)[C@@H]2OC(C)(C)O[C@@H]21. The molecular weight excluding hydrogens is 314 g/mol. The number of aromatic nitrogens is 2. The third-order valence-electron chi connectivity index (χ3n) is 5.23. The van der Waals surface area contributed by atoms with Gasteiger partial charge in [0.25, 0.3) is 0 Å². The number of ether oxygens (including phenoxy) is 2. The van der Waals surface area contributed by atoms with Gasteiger partial charge in [0, 0.05) is 23.9 Å². The second kappa shape index (κ2) is 5.16. The van der Waals surface area contributed by atoms with Crippen LogP contribution in [0, 0.1) is 5.92 Å². The van der Waals surface area contributed by atoms with E-state index < -0.39 is 5.79 Å². The second-order valence-electron chi connectivity index (χ2n) is 7.22. The molecule has 124 valence electrons. The molecule has 1 aliphatic carbocycles. The van der Waals surface area contributed by atoms with Gasteiger partial charge in [-0.1, -0.05) is 24.6 Å². The molecule has 1 aromatic rings. The third-order valence-corrected chi connectivity index (χ3v) is 5.53. The van der Waals surface area contributed by atoms with Crippen LogP contribution >= 0.6 is 11.6 Å². The van der Waals surface area contributed by atoms with Crippen LogP contribution in [-0.2, 0) is 9.47 Å². The van der Waals surface area contributed by atoms with Crippen LogP contribution in [0.2, 0.25) is 5.15 Å². The average Bonchev–Trinajstić information content (AvgIpc) is 3.08. The van der Waals surface area contributed by atoms with Crippen LogP contribution in [0.25, 0.3) is 0 Å². The van der Waals surface area contributed by atoms with E-state index in [1.807, 2.05) is 19.9 Å². The minimum atomic E-state index is -0.549. The zero-order valence-electron chi connectivity index (χ0n) is 13.7. The summed E-state index contributed by atoms with van der Waals surface area (Å²) in [6.45, 7) is 11.0. The molecule has 1 unspecified atom stereocenters. The number of hydrogen-bond acceptors (Lipinski definition) is 5. The van der Waals surface area contributed by atoms with E-state index in [4.69, 9.17) is 21.1 Å². The van der Waals surface area contributed by atoms with E-state index in [1.54, 1.807) is 6.33 Å². The maximum atomic E-state index is 6.30. The van der Waals surface area contributed by atoms with Gasteiger partial charge in [0.15, 0.2) is 5.79 Å². The Balaban J connectivity index is 1.70. The number of hydrogen-bond donors (Lipinski definition) is 0. The Morgan fingerprint density at radius 1 is 1.35 bits per heavy atom. The lowest BCUT2D eigenvalue weighted by atomic mass is 10.1. The first-order valence-electron chi connectivity index (χ1n) is 8.16. The number of nitrogens with zero attached hydrogens (tertiary/aromatic N) is 3. The summed E-state index contributed by atoms with van der Waals surface area (Å²) >= 11 is 6.30. The molecule has 1 aromatic heterocycles. The van der Waals surface area contributed by atoms with Crippen molar-refractivity contribution >= 4 is 17.4 Å². The van der Waals surface area contributed by atoms with Crippen molar-refractivity contribution in [1.82, 2.24) is 9.97 Å². The van der Waals surface area contributed by atoms with E-state index in [1.165, 1.54) is 0 Å². The van der Waals surface area contributed by atoms with Crippen LogP contribution in [0.3, 0.4) is 0 Å². The van der Waals surface area contributed by atoms with Gasteiger partial charge in [0.2, 0.25) is 0 Å². The molecule has 5 nitrogen and oxygen atoms in total. The predicted molar refractivity (Wildman–Crippen MR) is 88.7 cm³/mol. The molecule has 0 aromatic carbocycles. The summed E-state index contributed by atoms with van der Waals surface area (Å²) in [5, 5.41) is 0.559. The van der Waals surface area contributed by atoms with Gasteiger partial charge in [-0.05, 0) is 20.3 Å². The first-order valence-corrected chi connectivity index (χ1v) is 8.54. The molecule has 3 heterocycles. The van der Waals surface area contributed by atoms with Crippen LogP contribution < -0.4 is 4.90 Å². The molecule has 4 rings (SSSR count). The van der Waals surface area contributed by atoms with Crippen molar-refractivity contribution in [3.05, 3.63) is 29.7 Å². The van der Waals surface area contributed by atoms with Crippen molar-refractivity contribution in [2.75, 3.05) is 11.4 Å². The maximum absolute atomic E-state index is 6.30. The summed E-state index contributed by atoms with van der Waals surface area (Å²) in [5.41, 5.74) is 1.05. The lowest BCUT2D eigenvalue weighted by molar-refractivity contribution is -0.155. The minimum absolute atomic E-state index is 0.0277. The van der Waals surface area contributed by atoms with Crippen LogP contribution in [-0.4, -0.2) is 40.5 Å². The summed E-state index contributed by atoms with van der Waals surface area (Å²) in [6.07, 6.45) is 4.59. The first kappa shape index (κ1) is 15.4. The number of rotatable bonds is 2. The summed E-state index contributed by atoms with van der Waals surface area (Å²) < 4.78 is 12.3.